The Hall–Kier alpha value is -2.11. The van der Waals surface area contributed by atoms with Gasteiger partial charge in [0.2, 0.25) is 0 Å². The Kier molecular flexibility index (Phi) is 5.89. The highest BCUT2D eigenvalue weighted by atomic mass is 32.1. The van der Waals surface area contributed by atoms with Crippen molar-refractivity contribution in [3.63, 3.8) is 0 Å². The zero-order valence-corrected chi connectivity index (χ0v) is 15.7. The lowest BCUT2D eigenvalue weighted by atomic mass is 10.1. The molecule has 5 heteroatoms. The molecule has 0 amide bonds. The number of benzene rings is 2. The van der Waals surface area contributed by atoms with Crippen LogP contribution in [0.5, 0.6) is 5.75 Å². The Bertz CT molecular complexity index is 709. The fourth-order valence-corrected chi connectivity index (χ4v) is 3.31. The molecule has 0 atom stereocenters. The highest BCUT2D eigenvalue weighted by Crippen LogP contribution is 2.17. The summed E-state index contributed by atoms with van der Waals surface area (Å²) in [5.74, 6) is 0.848. The topological polar surface area (TPSA) is 27.7 Å². The molecule has 4 nitrogen and oxygen atoms in total. The average molecular weight is 356 g/mol. The third-order valence-corrected chi connectivity index (χ3v) is 5.02. The Labute approximate surface area is 155 Å². The van der Waals surface area contributed by atoms with Crippen molar-refractivity contribution in [3.8, 4) is 5.75 Å². The van der Waals surface area contributed by atoms with Gasteiger partial charge < -0.3 is 15.0 Å². The number of rotatable bonds is 4. The van der Waals surface area contributed by atoms with Gasteiger partial charge in [0.15, 0.2) is 5.11 Å². The Morgan fingerprint density at radius 2 is 1.72 bits per heavy atom. The first kappa shape index (κ1) is 17.7. The van der Waals surface area contributed by atoms with Crippen molar-refractivity contribution in [1.82, 2.24) is 9.80 Å². The minimum absolute atomic E-state index is 0.792. The third kappa shape index (κ3) is 4.71. The molecule has 0 aliphatic carbocycles. The molecule has 1 saturated heterocycles. The van der Waals surface area contributed by atoms with E-state index in [1.165, 1.54) is 11.1 Å². The van der Waals surface area contributed by atoms with Gasteiger partial charge in [-0.15, -0.1) is 0 Å². The van der Waals surface area contributed by atoms with Crippen molar-refractivity contribution in [1.29, 1.82) is 0 Å². The molecule has 0 unspecified atom stereocenters. The van der Waals surface area contributed by atoms with Crippen LogP contribution in [0, 0.1) is 6.92 Å². The van der Waals surface area contributed by atoms with E-state index >= 15 is 0 Å². The molecule has 1 aliphatic rings. The van der Waals surface area contributed by atoms with Crippen molar-refractivity contribution in [2.75, 3.05) is 38.6 Å². The summed E-state index contributed by atoms with van der Waals surface area (Å²) in [6.07, 6.45) is 0. The van der Waals surface area contributed by atoms with E-state index in [-0.39, 0.29) is 0 Å². The van der Waals surface area contributed by atoms with E-state index in [2.05, 4.69) is 46.3 Å². The number of nitrogens with one attached hydrogen (secondary N) is 1. The second kappa shape index (κ2) is 8.32. The first-order valence-corrected chi connectivity index (χ1v) is 9.03. The molecule has 0 aromatic heterocycles. The van der Waals surface area contributed by atoms with Gasteiger partial charge in [0.1, 0.15) is 5.75 Å². The highest BCUT2D eigenvalue weighted by molar-refractivity contribution is 7.80. The maximum absolute atomic E-state index is 5.57. The van der Waals surface area contributed by atoms with Crippen LogP contribution in [0.1, 0.15) is 11.1 Å². The van der Waals surface area contributed by atoms with Crippen molar-refractivity contribution in [2.45, 2.75) is 13.5 Å². The molecule has 0 spiro atoms. The van der Waals surface area contributed by atoms with E-state index in [9.17, 15) is 0 Å². The van der Waals surface area contributed by atoms with Gasteiger partial charge in [-0.2, -0.15) is 0 Å². The summed E-state index contributed by atoms with van der Waals surface area (Å²) >= 11 is 5.57. The maximum Gasteiger partial charge on any atom is 0.173 e. The zero-order chi connectivity index (χ0) is 17.6. The molecule has 1 heterocycles. The van der Waals surface area contributed by atoms with Gasteiger partial charge in [-0.3, -0.25) is 4.90 Å². The maximum atomic E-state index is 5.57. The number of hydrogen-bond acceptors (Lipinski definition) is 3. The van der Waals surface area contributed by atoms with E-state index in [0.717, 1.165) is 49.3 Å². The number of anilines is 1. The van der Waals surface area contributed by atoms with Crippen LogP contribution in [0.4, 0.5) is 5.69 Å². The number of aryl methyl sites for hydroxylation is 1. The third-order valence-electron chi connectivity index (χ3n) is 4.66. The summed E-state index contributed by atoms with van der Waals surface area (Å²) < 4.78 is 5.18. The lowest BCUT2D eigenvalue weighted by Crippen LogP contribution is -2.49. The number of piperazine rings is 1. The lowest BCUT2D eigenvalue weighted by Gasteiger charge is -2.36. The molecule has 1 N–H and O–H groups in total. The normalized spacial score (nSPS) is 15.0. The number of thiocarbonyl (C=S) groups is 1. The monoisotopic (exact) mass is 355 g/mol. The fraction of sp³-hybridized carbons (Fsp3) is 0.350. The largest absolute Gasteiger partial charge is 0.497 e. The molecular formula is C20H25N3OS. The van der Waals surface area contributed by atoms with Crippen LogP contribution in [0.2, 0.25) is 0 Å². The smallest absolute Gasteiger partial charge is 0.173 e. The number of ether oxygens (including phenoxy) is 1. The SMILES string of the molecule is COc1ccc(NC(=S)N2CCN(Cc3ccccc3C)CC2)cc1. The summed E-state index contributed by atoms with van der Waals surface area (Å²) in [7, 11) is 1.67. The molecule has 0 radical (unpaired) electrons. The molecule has 25 heavy (non-hydrogen) atoms. The number of methoxy groups -OCH3 is 1. The van der Waals surface area contributed by atoms with Crippen molar-refractivity contribution >= 4 is 23.0 Å². The van der Waals surface area contributed by atoms with Crippen LogP contribution < -0.4 is 10.1 Å². The molecule has 0 bridgehead atoms. The van der Waals surface area contributed by atoms with Gasteiger partial charge in [0.05, 0.1) is 7.11 Å². The van der Waals surface area contributed by atoms with Gasteiger partial charge in [-0.05, 0) is 54.5 Å². The van der Waals surface area contributed by atoms with E-state index in [4.69, 9.17) is 17.0 Å². The van der Waals surface area contributed by atoms with E-state index in [0.29, 0.717) is 0 Å². The zero-order valence-electron chi connectivity index (χ0n) is 14.9. The average Bonchev–Trinajstić information content (AvgIpc) is 2.65. The molecule has 1 fully saturated rings. The van der Waals surface area contributed by atoms with Gasteiger partial charge in [0.25, 0.3) is 0 Å². The predicted octanol–water partition coefficient (Wildman–Crippen LogP) is 3.52. The fourth-order valence-electron chi connectivity index (χ4n) is 3.01. The van der Waals surface area contributed by atoms with Gasteiger partial charge in [0, 0.05) is 38.4 Å². The molecule has 2 aromatic rings. The molecule has 0 saturated carbocycles. The van der Waals surface area contributed by atoms with Crippen molar-refractivity contribution in [2.24, 2.45) is 0 Å². The standard InChI is InChI=1S/C20H25N3OS/c1-16-5-3-4-6-17(16)15-22-11-13-23(14-12-22)20(25)21-18-7-9-19(24-2)10-8-18/h3-10H,11-15H2,1-2H3,(H,21,25). The minimum atomic E-state index is 0.792. The summed E-state index contributed by atoms with van der Waals surface area (Å²) in [5.41, 5.74) is 3.77. The number of nitrogens with zero attached hydrogens (tertiary/aromatic N) is 2. The van der Waals surface area contributed by atoms with E-state index in [1.54, 1.807) is 7.11 Å². The highest BCUT2D eigenvalue weighted by Gasteiger charge is 2.19. The van der Waals surface area contributed by atoms with E-state index < -0.39 is 0 Å². The Morgan fingerprint density at radius 3 is 2.36 bits per heavy atom. The van der Waals surface area contributed by atoms with Gasteiger partial charge >= 0.3 is 0 Å². The Morgan fingerprint density at radius 1 is 1.04 bits per heavy atom. The first-order chi connectivity index (χ1) is 12.2. The molecule has 3 rings (SSSR count). The molecule has 132 valence electrons. The minimum Gasteiger partial charge on any atom is -0.497 e. The molecule has 2 aromatic carbocycles. The van der Waals surface area contributed by atoms with E-state index in [1.807, 2.05) is 24.3 Å². The summed E-state index contributed by atoms with van der Waals surface area (Å²) in [6, 6.07) is 16.5. The van der Waals surface area contributed by atoms with Crippen molar-refractivity contribution in [3.05, 3.63) is 59.7 Å². The van der Waals surface area contributed by atoms with Crippen LogP contribution in [-0.2, 0) is 6.54 Å². The number of hydrogen-bond donors (Lipinski definition) is 1. The molecular weight excluding hydrogens is 330 g/mol. The van der Waals surface area contributed by atoms with Gasteiger partial charge in [-0.25, -0.2) is 0 Å². The summed E-state index contributed by atoms with van der Waals surface area (Å²) in [6.45, 7) is 7.15. The van der Waals surface area contributed by atoms with Crippen LogP contribution in [0.25, 0.3) is 0 Å². The van der Waals surface area contributed by atoms with Crippen molar-refractivity contribution < 1.29 is 4.74 Å². The summed E-state index contributed by atoms with van der Waals surface area (Å²) in [5, 5.41) is 4.11. The second-order valence-corrected chi connectivity index (χ2v) is 6.74. The van der Waals surface area contributed by atoms with Crippen LogP contribution in [-0.4, -0.2) is 48.2 Å². The molecule has 1 aliphatic heterocycles. The first-order valence-electron chi connectivity index (χ1n) is 8.62. The van der Waals surface area contributed by atoms with Crippen LogP contribution >= 0.6 is 12.2 Å². The Balaban J connectivity index is 1.49. The predicted molar refractivity (Wildman–Crippen MR) is 107 cm³/mol. The second-order valence-electron chi connectivity index (χ2n) is 6.35. The van der Waals surface area contributed by atoms with Crippen LogP contribution in [0.3, 0.4) is 0 Å². The van der Waals surface area contributed by atoms with Gasteiger partial charge in [-0.1, -0.05) is 24.3 Å². The quantitative estimate of drug-likeness (QED) is 0.847. The van der Waals surface area contributed by atoms with Crippen LogP contribution in [0.15, 0.2) is 48.5 Å². The lowest BCUT2D eigenvalue weighted by molar-refractivity contribution is 0.176. The summed E-state index contributed by atoms with van der Waals surface area (Å²) in [4.78, 5) is 4.74.